The second-order valence-corrected chi connectivity index (χ2v) is 6.09. The highest BCUT2D eigenvalue weighted by atomic mass is 16.6. The molecule has 1 aliphatic heterocycles. The van der Waals surface area contributed by atoms with E-state index in [1.165, 1.54) is 5.56 Å². The van der Waals surface area contributed by atoms with Crippen LogP contribution in [0.3, 0.4) is 0 Å². The van der Waals surface area contributed by atoms with Crippen LogP contribution in [0.1, 0.15) is 29.2 Å². The van der Waals surface area contributed by atoms with Crippen molar-refractivity contribution < 1.29 is 14.3 Å². The zero-order valence-electron chi connectivity index (χ0n) is 14.5. The molecular weight excluding hydrogens is 314 g/mol. The number of carbonyl (C=O) groups is 1. The number of carbonyl (C=O) groups excluding carboxylic acids is 1. The molecule has 2 aromatic rings. The van der Waals surface area contributed by atoms with Crippen LogP contribution in [0.15, 0.2) is 61.2 Å². The van der Waals surface area contributed by atoms with Crippen LogP contribution in [0.5, 0.6) is 5.75 Å². The van der Waals surface area contributed by atoms with Gasteiger partial charge in [0.15, 0.2) is 0 Å². The van der Waals surface area contributed by atoms with Crippen LogP contribution in [-0.4, -0.2) is 24.6 Å². The van der Waals surface area contributed by atoms with Gasteiger partial charge in [0, 0.05) is 6.54 Å². The number of nitrogens with zero attached hydrogens (tertiary/aromatic N) is 1. The molecule has 0 saturated heterocycles. The summed E-state index contributed by atoms with van der Waals surface area (Å²) in [5.74, 6) is 0.844. The Balaban J connectivity index is 1.75. The number of amides is 1. The third-order valence-electron chi connectivity index (χ3n) is 4.54. The van der Waals surface area contributed by atoms with Crippen LogP contribution >= 0.6 is 0 Å². The van der Waals surface area contributed by atoms with Gasteiger partial charge >= 0.3 is 6.09 Å². The van der Waals surface area contributed by atoms with E-state index in [4.69, 9.17) is 9.47 Å². The van der Waals surface area contributed by atoms with Crippen molar-refractivity contribution in [3.05, 3.63) is 77.9 Å². The first kappa shape index (κ1) is 17.1. The molecule has 0 bridgehead atoms. The fourth-order valence-corrected chi connectivity index (χ4v) is 3.25. The molecule has 0 radical (unpaired) electrons. The largest absolute Gasteiger partial charge is 0.497 e. The van der Waals surface area contributed by atoms with E-state index in [1.54, 1.807) is 12.0 Å². The normalized spacial score (nSPS) is 16.0. The van der Waals surface area contributed by atoms with Gasteiger partial charge in [-0.1, -0.05) is 42.5 Å². The lowest BCUT2D eigenvalue weighted by Crippen LogP contribution is -2.40. The van der Waals surface area contributed by atoms with Crippen molar-refractivity contribution in [2.24, 2.45) is 0 Å². The molecule has 0 saturated carbocycles. The van der Waals surface area contributed by atoms with Gasteiger partial charge in [0.1, 0.15) is 12.4 Å². The van der Waals surface area contributed by atoms with E-state index in [0.29, 0.717) is 13.0 Å². The van der Waals surface area contributed by atoms with Crippen molar-refractivity contribution in [1.82, 2.24) is 4.90 Å². The Kier molecular flexibility index (Phi) is 5.39. The van der Waals surface area contributed by atoms with Gasteiger partial charge in [0.05, 0.1) is 13.2 Å². The lowest BCUT2D eigenvalue weighted by atomic mass is 9.91. The molecule has 4 heteroatoms. The highest BCUT2D eigenvalue weighted by Gasteiger charge is 2.31. The van der Waals surface area contributed by atoms with Crippen LogP contribution in [0.4, 0.5) is 4.79 Å². The molecule has 4 nitrogen and oxygen atoms in total. The number of fused-ring (bicyclic) bond motifs is 1. The minimum Gasteiger partial charge on any atom is -0.497 e. The van der Waals surface area contributed by atoms with Crippen molar-refractivity contribution in [2.75, 3.05) is 13.7 Å². The Morgan fingerprint density at radius 1 is 1.28 bits per heavy atom. The number of hydrogen-bond donors (Lipinski definition) is 0. The summed E-state index contributed by atoms with van der Waals surface area (Å²) in [6, 6.07) is 15.7. The molecular formula is C21H23NO3. The van der Waals surface area contributed by atoms with Gasteiger partial charge in [-0.3, -0.25) is 0 Å². The first-order chi connectivity index (χ1) is 12.2. The summed E-state index contributed by atoms with van der Waals surface area (Å²) in [6.45, 7) is 4.76. The van der Waals surface area contributed by atoms with Crippen LogP contribution in [0.25, 0.3) is 0 Å². The molecule has 3 rings (SSSR count). The van der Waals surface area contributed by atoms with Crippen molar-refractivity contribution in [1.29, 1.82) is 0 Å². The second-order valence-electron chi connectivity index (χ2n) is 6.09. The summed E-state index contributed by atoms with van der Waals surface area (Å²) in [5, 5.41) is 0. The maximum atomic E-state index is 12.6. The van der Waals surface area contributed by atoms with Gasteiger partial charge in [-0.15, -0.1) is 6.58 Å². The van der Waals surface area contributed by atoms with Crippen LogP contribution in [-0.2, 0) is 17.8 Å². The van der Waals surface area contributed by atoms with E-state index in [1.807, 2.05) is 48.5 Å². The lowest BCUT2D eigenvalue weighted by molar-refractivity contribution is 0.0774. The van der Waals surface area contributed by atoms with Crippen molar-refractivity contribution in [2.45, 2.75) is 25.5 Å². The molecule has 0 N–H and O–H groups in total. The number of hydrogen-bond acceptors (Lipinski definition) is 3. The van der Waals surface area contributed by atoms with Gasteiger partial charge < -0.3 is 14.4 Å². The summed E-state index contributed by atoms with van der Waals surface area (Å²) in [6.07, 6.45) is 3.05. The Bertz CT molecular complexity index is 742. The second kappa shape index (κ2) is 7.88. The molecule has 1 aliphatic rings. The minimum atomic E-state index is -0.280. The van der Waals surface area contributed by atoms with Crippen molar-refractivity contribution in [3.8, 4) is 5.75 Å². The Morgan fingerprint density at radius 2 is 2.08 bits per heavy atom. The summed E-state index contributed by atoms with van der Waals surface area (Å²) in [5.41, 5.74) is 3.35. The number of benzene rings is 2. The third-order valence-corrected chi connectivity index (χ3v) is 4.54. The summed E-state index contributed by atoms with van der Waals surface area (Å²) < 4.78 is 10.8. The van der Waals surface area contributed by atoms with Crippen LogP contribution < -0.4 is 4.74 Å². The molecule has 0 aromatic heterocycles. The van der Waals surface area contributed by atoms with E-state index >= 15 is 0 Å². The number of rotatable bonds is 5. The van der Waals surface area contributed by atoms with E-state index in [-0.39, 0.29) is 18.7 Å². The molecule has 130 valence electrons. The zero-order chi connectivity index (χ0) is 17.6. The SMILES string of the molecule is C=CCC1c2ccc(OC)cc2CCN1C(=O)OCc1ccccc1. The molecule has 0 spiro atoms. The highest BCUT2D eigenvalue weighted by molar-refractivity contribution is 5.69. The highest BCUT2D eigenvalue weighted by Crippen LogP contribution is 2.35. The Labute approximate surface area is 148 Å². The Hall–Kier alpha value is -2.75. The first-order valence-corrected chi connectivity index (χ1v) is 8.48. The monoisotopic (exact) mass is 337 g/mol. The molecule has 2 aromatic carbocycles. The average molecular weight is 337 g/mol. The standard InChI is InChI=1S/C21H23NO3/c1-3-7-20-19-11-10-18(24-2)14-17(19)12-13-22(20)21(23)25-15-16-8-5-4-6-9-16/h3-6,8-11,14,20H,1,7,12-13,15H2,2H3. The zero-order valence-corrected chi connectivity index (χ0v) is 14.5. The average Bonchev–Trinajstić information content (AvgIpc) is 2.67. The van der Waals surface area contributed by atoms with Gasteiger partial charge in [-0.2, -0.15) is 0 Å². The summed E-state index contributed by atoms with van der Waals surface area (Å²) >= 11 is 0. The van der Waals surface area contributed by atoms with Crippen LogP contribution in [0, 0.1) is 0 Å². The van der Waals surface area contributed by atoms with E-state index in [9.17, 15) is 4.79 Å². The predicted molar refractivity (Wildman–Crippen MR) is 97.6 cm³/mol. The molecule has 0 fully saturated rings. The number of methoxy groups -OCH3 is 1. The van der Waals surface area contributed by atoms with E-state index in [0.717, 1.165) is 23.3 Å². The maximum absolute atomic E-state index is 12.6. The van der Waals surface area contributed by atoms with E-state index in [2.05, 4.69) is 12.6 Å². The van der Waals surface area contributed by atoms with Gasteiger partial charge in [-0.05, 0) is 41.7 Å². The first-order valence-electron chi connectivity index (χ1n) is 8.48. The minimum absolute atomic E-state index is 0.0459. The molecule has 1 heterocycles. The van der Waals surface area contributed by atoms with Crippen LogP contribution in [0.2, 0.25) is 0 Å². The molecule has 1 unspecified atom stereocenters. The third kappa shape index (κ3) is 3.85. The maximum Gasteiger partial charge on any atom is 0.410 e. The number of ether oxygens (including phenoxy) is 2. The fourth-order valence-electron chi connectivity index (χ4n) is 3.25. The molecule has 1 atom stereocenters. The van der Waals surface area contributed by atoms with Gasteiger partial charge in [-0.25, -0.2) is 4.79 Å². The Morgan fingerprint density at radius 3 is 2.80 bits per heavy atom. The predicted octanol–water partition coefficient (Wildman–Crippen LogP) is 4.51. The van der Waals surface area contributed by atoms with Crippen molar-refractivity contribution in [3.63, 3.8) is 0 Å². The van der Waals surface area contributed by atoms with Crippen molar-refractivity contribution >= 4 is 6.09 Å². The van der Waals surface area contributed by atoms with Gasteiger partial charge in [0.2, 0.25) is 0 Å². The summed E-state index contributed by atoms with van der Waals surface area (Å²) in [4.78, 5) is 14.4. The fraction of sp³-hybridized carbons (Fsp3) is 0.286. The topological polar surface area (TPSA) is 38.8 Å². The quantitative estimate of drug-likeness (QED) is 0.754. The molecule has 25 heavy (non-hydrogen) atoms. The smallest absolute Gasteiger partial charge is 0.410 e. The van der Waals surface area contributed by atoms with Gasteiger partial charge in [0.25, 0.3) is 0 Å². The molecule has 0 aliphatic carbocycles. The lowest BCUT2D eigenvalue weighted by Gasteiger charge is -2.36. The van der Waals surface area contributed by atoms with E-state index < -0.39 is 0 Å². The summed E-state index contributed by atoms with van der Waals surface area (Å²) in [7, 11) is 1.67. The molecule has 1 amide bonds.